The predicted octanol–water partition coefficient (Wildman–Crippen LogP) is 2.38. The highest BCUT2D eigenvalue weighted by molar-refractivity contribution is 5.26. The van der Waals surface area contributed by atoms with E-state index in [2.05, 4.69) is 36.5 Å². The number of nitrogens with one attached hydrogen (secondary N) is 1. The molecule has 1 rings (SSSR count). The molecule has 0 radical (unpaired) electrons. The van der Waals surface area contributed by atoms with E-state index in [1.165, 1.54) is 17.5 Å². The van der Waals surface area contributed by atoms with Crippen molar-refractivity contribution in [3.05, 3.63) is 35.4 Å². The van der Waals surface area contributed by atoms with Crippen LogP contribution >= 0.6 is 0 Å². The third-order valence-electron chi connectivity index (χ3n) is 2.42. The number of rotatable bonds is 7. The van der Waals surface area contributed by atoms with Crippen LogP contribution in [0, 0.1) is 0 Å². The molecular formula is C13H21NO. The topological polar surface area (TPSA) is 21.3 Å². The molecule has 0 aliphatic heterocycles. The van der Waals surface area contributed by atoms with Gasteiger partial charge in [-0.3, -0.25) is 0 Å². The van der Waals surface area contributed by atoms with Gasteiger partial charge >= 0.3 is 0 Å². The molecule has 0 aliphatic carbocycles. The van der Waals surface area contributed by atoms with Crippen LogP contribution in [0.1, 0.15) is 24.5 Å². The summed E-state index contributed by atoms with van der Waals surface area (Å²) in [6.45, 7) is 5.05. The number of benzene rings is 1. The van der Waals surface area contributed by atoms with Crippen LogP contribution in [0.2, 0.25) is 0 Å². The van der Waals surface area contributed by atoms with E-state index in [1.807, 2.05) is 0 Å². The Morgan fingerprint density at radius 1 is 1.13 bits per heavy atom. The molecule has 1 aromatic rings. The first-order chi connectivity index (χ1) is 7.38. The van der Waals surface area contributed by atoms with Crippen LogP contribution in [0.25, 0.3) is 0 Å². The van der Waals surface area contributed by atoms with Crippen LogP contribution in [0.5, 0.6) is 0 Å². The van der Waals surface area contributed by atoms with Gasteiger partial charge in [-0.05, 0) is 37.1 Å². The Labute approximate surface area is 92.6 Å². The maximum absolute atomic E-state index is 5.18. The largest absolute Gasteiger partial charge is 0.380 e. The molecule has 0 fully saturated rings. The zero-order chi connectivity index (χ0) is 10.9. The van der Waals surface area contributed by atoms with Gasteiger partial charge in [0.2, 0.25) is 0 Å². The summed E-state index contributed by atoms with van der Waals surface area (Å²) in [6.07, 6.45) is 2.28. The first-order valence-electron chi connectivity index (χ1n) is 5.65. The van der Waals surface area contributed by atoms with Crippen molar-refractivity contribution in [1.29, 1.82) is 0 Å². The summed E-state index contributed by atoms with van der Waals surface area (Å²) in [5.74, 6) is 0. The Hall–Kier alpha value is -0.860. The summed E-state index contributed by atoms with van der Waals surface area (Å²) in [4.78, 5) is 0. The number of hydrogen-bond acceptors (Lipinski definition) is 2. The van der Waals surface area contributed by atoms with Gasteiger partial charge in [0.25, 0.3) is 0 Å². The van der Waals surface area contributed by atoms with Crippen LogP contribution in [-0.2, 0) is 17.8 Å². The fourth-order valence-corrected chi connectivity index (χ4v) is 1.62. The fraction of sp³-hybridized carbons (Fsp3) is 0.538. The first kappa shape index (κ1) is 12.2. The standard InChI is InChI=1S/C13H21NO/c1-3-9-14-10-8-12-6-4-5-7-13(12)11-15-2/h4-7,14H,3,8-11H2,1-2H3. The summed E-state index contributed by atoms with van der Waals surface area (Å²) in [6, 6.07) is 8.48. The van der Waals surface area contributed by atoms with Crippen LogP contribution in [0.15, 0.2) is 24.3 Å². The average molecular weight is 207 g/mol. The number of ether oxygens (including phenoxy) is 1. The molecule has 0 bridgehead atoms. The molecule has 0 aromatic heterocycles. The second kappa shape index (κ2) is 7.43. The third kappa shape index (κ3) is 4.45. The third-order valence-corrected chi connectivity index (χ3v) is 2.42. The normalized spacial score (nSPS) is 10.5. The van der Waals surface area contributed by atoms with E-state index in [1.54, 1.807) is 7.11 Å². The molecule has 2 heteroatoms. The minimum absolute atomic E-state index is 0.712. The molecule has 0 amide bonds. The van der Waals surface area contributed by atoms with Crippen LogP contribution in [-0.4, -0.2) is 20.2 Å². The van der Waals surface area contributed by atoms with Crippen molar-refractivity contribution in [2.24, 2.45) is 0 Å². The molecule has 0 saturated carbocycles. The average Bonchev–Trinajstić information content (AvgIpc) is 2.27. The fourth-order valence-electron chi connectivity index (χ4n) is 1.62. The molecule has 1 N–H and O–H groups in total. The number of hydrogen-bond donors (Lipinski definition) is 1. The lowest BCUT2D eigenvalue weighted by Crippen LogP contribution is -2.18. The molecule has 0 spiro atoms. The zero-order valence-corrected chi connectivity index (χ0v) is 9.75. The van der Waals surface area contributed by atoms with Gasteiger partial charge in [-0.2, -0.15) is 0 Å². The predicted molar refractivity (Wildman–Crippen MR) is 64.0 cm³/mol. The maximum atomic E-state index is 5.18. The van der Waals surface area contributed by atoms with Crippen molar-refractivity contribution in [2.75, 3.05) is 20.2 Å². The van der Waals surface area contributed by atoms with Crippen molar-refractivity contribution in [2.45, 2.75) is 26.4 Å². The summed E-state index contributed by atoms with van der Waals surface area (Å²) in [5.41, 5.74) is 2.70. The molecule has 2 nitrogen and oxygen atoms in total. The smallest absolute Gasteiger partial charge is 0.0715 e. The number of methoxy groups -OCH3 is 1. The van der Waals surface area contributed by atoms with Crippen molar-refractivity contribution in [3.8, 4) is 0 Å². The van der Waals surface area contributed by atoms with E-state index in [-0.39, 0.29) is 0 Å². The van der Waals surface area contributed by atoms with Gasteiger partial charge in [0.15, 0.2) is 0 Å². The van der Waals surface area contributed by atoms with Crippen LogP contribution < -0.4 is 5.32 Å². The van der Waals surface area contributed by atoms with Gasteiger partial charge in [0.05, 0.1) is 6.61 Å². The second-order valence-corrected chi connectivity index (χ2v) is 3.70. The van der Waals surface area contributed by atoms with Crippen molar-refractivity contribution in [1.82, 2.24) is 5.32 Å². The zero-order valence-electron chi connectivity index (χ0n) is 9.75. The quantitative estimate of drug-likeness (QED) is 0.693. The van der Waals surface area contributed by atoms with E-state index in [0.717, 1.165) is 19.5 Å². The summed E-state index contributed by atoms with van der Waals surface area (Å²) in [7, 11) is 1.74. The monoisotopic (exact) mass is 207 g/mol. The van der Waals surface area contributed by atoms with Crippen LogP contribution in [0.3, 0.4) is 0 Å². The van der Waals surface area contributed by atoms with E-state index in [4.69, 9.17) is 4.74 Å². The van der Waals surface area contributed by atoms with E-state index in [0.29, 0.717) is 6.61 Å². The summed E-state index contributed by atoms with van der Waals surface area (Å²) >= 11 is 0. The van der Waals surface area contributed by atoms with Crippen molar-refractivity contribution >= 4 is 0 Å². The molecule has 0 aliphatic rings. The van der Waals surface area contributed by atoms with E-state index >= 15 is 0 Å². The van der Waals surface area contributed by atoms with Gasteiger partial charge in [-0.15, -0.1) is 0 Å². The molecule has 0 saturated heterocycles. The first-order valence-corrected chi connectivity index (χ1v) is 5.65. The van der Waals surface area contributed by atoms with Gasteiger partial charge in [-0.1, -0.05) is 31.2 Å². The Morgan fingerprint density at radius 2 is 1.87 bits per heavy atom. The van der Waals surface area contributed by atoms with Gasteiger partial charge < -0.3 is 10.1 Å². The minimum Gasteiger partial charge on any atom is -0.380 e. The van der Waals surface area contributed by atoms with E-state index in [9.17, 15) is 0 Å². The SMILES string of the molecule is CCCNCCc1ccccc1COC. The molecule has 15 heavy (non-hydrogen) atoms. The van der Waals surface area contributed by atoms with Crippen LogP contribution in [0.4, 0.5) is 0 Å². The molecule has 84 valence electrons. The van der Waals surface area contributed by atoms with Gasteiger partial charge in [-0.25, -0.2) is 0 Å². The van der Waals surface area contributed by atoms with Gasteiger partial charge in [0, 0.05) is 7.11 Å². The highest BCUT2D eigenvalue weighted by Crippen LogP contribution is 2.10. The molecule has 0 heterocycles. The molecule has 0 atom stereocenters. The van der Waals surface area contributed by atoms with Gasteiger partial charge in [0.1, 0.15) is 0 Å². The lowest BCUT2D eigenvalue weighted by atomic mass is 10.1. The lowest BCUT2D eigenvalue weighted by molar-refractivity contribution is 0.184. The highest BCUT2D eigenvalue weighted by atomic mass is 16.5. The lowest BCUT2D eigenvalue weighted by Gasteiger charge is -2.08. The molecule has 1 aromatic carbocycles. The molecular weight excluding hydrogens is 186 g/mol. The molecule has 0 unspecified atom stereocenters. The summed E-state index contributed by atoms with van der Waals surface area (Å²) < 4.78 is 5.18. The summed E-state index contributed by atoms with van der Waals surface area (Å²) in [5, 5.41) is 3.41. The van der Waals surface area contributed by atoms with E-state index < -0.39 is 0 Å². The van der Waals surface area contributed by atoms with Crippen molar-refractivity contribution in [3.63, 3.8) is 0 Å². The highest BCUT2D eigenvalue weighted by Gasteiger charge is 2.00. The second-order valence-electron chi connectivity index (χ2n) is 3.70. The maximum Gasteiger partial charge on any atom is 0.0715 e. The minimum atomic E-state index is 0.712. The Balaban J connectivity index is 2.44. The van der Waals surface area contributed by atoms with Crippen molar-refractivity contribution < 1.29 is 4.74 Å². The Morgan fingerprint density at radius 3 is 2.53 bits per heavy atom. The Bertz CT molecular complexity index is 273. The Kier molecular flexibility index (Phi) is 6.05.